The molecule has 2 heteroatoms. The summed E-state index contributed by atoms with van der Waals surface area (Å²) in [5.41, 5.74) is 11.3. The van der Waals surface area contributed by atoms with Crippen molar-refractivity contribution in [3.8, 4) is 0 Å². The predicted octanol–water partition coefficient (Wildman–Crippen LogP) is 3.82. The van der Waals surface area contributed by atoms with Gasteiger partial charge < -0.3 is 10.2 Å². The van der Waals surface area contributed by atoms with E-state index in [0.29, 0.717) is 0 Å². The molecule has 0 aliphatic carbocycles. The molecular formula is C16H21NO. The van der Waals surface area contributed by atoms with Gasteiger partial charge in [-0.15, -0.1) is 0 Å². The standard InChI is InChI=1S/C16H21NO/c1-5-13-6-7-14(18-13)16(17)15-11(3)8-10(2)9-12(15)4/h6-9,16H,5,17H2,1-4H3. The van der Waals surface area contributed by atoms with Crippen LogP contribution >= 0.6 is 0 Å². The van der Waals surface area contributed by atoms with Crippen LogP contribution in [0.4, 0.5) is 0 Å². The van der Waals surface area contributed by atoms with E-state index in [0.717, 1.165) is 17.9 Å². The Bertz CT molecular complexity index is 531. The van der Waals surface area contributed by atoms with Crippen molar-refractivity contribution >= 4 is 0 Å². The van der Waals surface area contributed by atoms with Crippen LogP contribution in [-0.4, -0.2) is 0 Å². The number of rotatable bonds is 3. The summed E-state index contributed by atoms with van der Waals surface area (Å²) in [6.07, 6.45) is 0.901. The Morgan fingerprint density at radius 1 is 1.11 bits per heavy atom. The summed E-state index contributed by atoms with van der Waals surface area (Å²) in [7, 11) is 0. The molecule has 0 radical (unpaired) electrons. The normalized spacial score (nSPS) is 12.7. The highest BCUT2D eigenvalue weighted by atomic mass is 16.3. The van der Waals surface area contributed by atoms with Gasteiger partial charge in [-0.3, -0.25) is 0 Å². The van der Waals surface area contributed by atoms with Gasteiger partial charge in [0.1, 0.15) is 11.5 Å². The van der Waals surface area contributed by atoms with Crippen LogP contribution in [0.1, 0.15) is 46.7 Å². The summed E-state index contributed by atoms with van der Waals surface area (Å²) in [5, 5.41) is 0. The molecule has 0 saturated heterocycles. The second-order valence-electron chi connectivity index (χ2n) is 4.95. The largest absolute Gasteiger partial charge is 0.464 e. The molecule has 96 valence electrons. The molecule has 0 fully saturated rings. The SMILES string of the molecule is CCc1ccc(C(N)c2c(C)cc(C)cc2C)o1. The van der Waals surface area contributed by atoms with Crippen LogP contribution in [0.15, 0.2) is 28.7 Å². The zero-order valence-corrected chi connectivity index (χ0v) is 11.6. The maximum absolute atomic E-state index is 6.34. The Morgan fingerprint density at radius 3 is 2.22 bits per heavy atom. The third-order valence-corrected chi connectivity index (χ3v) is 3.39. The zero-order chi connectivity index (χ0) is 13.3. The van der Waals surface area contributed by atoms with Crippen molar-refractivity contribution in [2.45, 2.75) is 40.2 Å². The molecule has 0 aliphatic rings. The van der Waals surface area contributed by atoms with Crippen molar-refractivity contribution in [1.82, 2.24) is 0 Å². The Hall–Kier alpha value is -1.54. The molecule has 1 unspecified atom stereocenters. The Balaban J connectivity index is 2.42. The molecule has 1 aromatic carbocycles. The molecule has 0 spiro atoms. The van der Waals surface area contributed by atoms with Crippen molar-refractivity contribution in [2.75, 3.05) is 0 Å². The Kier molecular flexibility index (Phi) is 3.58. The first kappa shape index (κ1) is 12.9. The van der Waals surface area contributed by atoms with Crippen LogP contribution in [-0.2, 0) is 6.42 Å². The van der Waals surface area contributed by atoms with E-state index in [1.54, 1.807) is 0 Å². The van der Waals surface area contributed by atoms with E-state index < -0.39 is 0 Å². The highest BCUT2D eigenvalue weighted by molar-refractivity contribution is 5.42. The van der Waals surface area contributed by atoms with Crippen LogP contribution < -0.4 is 5.73 Å². The molecule has 18 heavy (non-hydrogen) atoms. The first-order chi connectivity index (χ1) is 8.52. The lowest BCUT2D eigenvalue weighted by Gasteiger charge is -2.16. The summed E-state index contributed by atoms with van der Waals surface area (Å²) in [6, 6.07) is 8.17. The van der Waals surface area contributed by atoms with Gasteiger partial charge in [0.15, 0.2) is 0 Å². The number of nitrogens with two attached hydrogens (primary N) is 1. The summed E-state index contributed by atoms with van der Waals surface area (Å²) < 4.78 is 5.76. The van der Waals surface area contributed by atoms with Gasteiger partial charge >= 0.3 is 0 Å². The van der Waals surface area contributed by atoms with Crippen molar-refractivity contribution in [3.05, 3.63) is 58.0 Å². The summed E-state index contributed by atoms with van der Waals surface area (Å²) in [6.45, 7) is 8.41. The monoisotopic (exact) mass is 243 g/mol. The van der Waals surface area contributed by atoms with Gasteiger partial charge in [-0.05, 0) is 49.6 Å². The fourth-order valence-corrected chi connectivity index (χ4v) is 2.58. The van der Waals surface area contributed by atoms with Gasteiger partial charge in [0.25, 0.3) is 0 Å². The molecule has 2 aromatic rings. The molecular weight excluding hydrogens is 222 g/mol. The minimum absolute atomic E-state index is 0.175. The van der Waals surface area contributed by atoms with E-state index in [4.69, 9.17) is 10.2 Å². The number of aryl methyl sites for hydroxylation is 4. The number of benzene rings is 1. The molecule has 2 N–H and O–H groups in total. The lowest BCUT2D eigenvalue weighted by atomic mass is 9.93. The van der Waals surface area contributed by atoms with Gasteiger partial charge in [-0.1, -0.05) is 24.6 Å². The second-order valence-corrected chi connectivity index (χ2v) is 4.95. The van der Waals surface area contributed by atoms with E-state index >= 15 is 0 Å². The lowest BCUT2D eigenvalue weighted by Crippen LogP contribution is -2.14. The number of furan rings is 1. The Morgan fingerprint density at radius 2 is 1.72 bits per heavy atom. The molecule has 2 rings (SSSR count). The summed E-state index contributed by atoms with van der Waals surface area (Å²) >= 11 is 0. The first-order valence-corrected chi connectivity index (χ1v) is 6.44. The first-order valence-electron chi connectivity index (χ1n) is 6.44. The van der Waals surface area contributed by atoms with Crippen LogP contribution in [0, 0.1) is 20.8 Å². The molecule has 0 bridgehead atoms. The van der Waals surface area contributed by atoms with E-state index in [-0.39, 0.29) is 6.04 Å². The minimum Gasteiger partial charge on any atom is -0.464 e. The maximum Gasteiger partial charge on any atom is 0.125 e. The van der Waals surface area contributed by atoms with Gasteiger partial charge in [0.05, 0.1) is 6.04 Å². The van der Waals surface area contributed by atoms with Gasteiger partial charge in [0, 0.05) is 6.42 Å². The highest BCUT2D eigenvalue weighted by Crippen LogP contribution is 2.28. The van der Waals surface area contributed by atoms with Crippen molar-refractivity contribution < 1.29 is 4.42 Å². The van der Waals surface area contributed by atoms with Gasteiger partial charge in [-0.25, -0.2) is 0 Å². The lowest BCUT2D eigenvalue weighted by molar-refractivity contribution is 0.453. The topological polar surface area (TPSA) is 39.2 Å². The fourth-order valence-electron chi connectivity index (χ4n) is 2.58. The molecule has 2 nitrogen and oxygen atoms in total. The second kappa shape index (κ2) is 4.99. The van der Waals surface area contributed by atoms with Crippen molar-refractivity contribution in [1.29, 1.82) is 0 Å². The van der Waals surface area contributed by atoms with Crippen molar-refractivity contribution in [2.24, 2.45) is 5.73 Å². The zero-order valence-electron chi connectivity index (χ0n) is 11.6. The summed E-state index contributed by atoms with van der Waals surface area (Å²) in [5.74, 6) is 1.84. The molecule has 1 atom stereocenters. The quantitative estimate of drug-likeness (QED) is 0.890. The average Bonchev–Trinajstić information content (AvgIpc) is 2.75. The molecule has 0 saturated carbocycles. The maximum atomic E-state index is 6.34. The smallest absolute Gasteiger partial charge is 0.125 e. The van der Waals surface area contributed by atoms with Crippen LogP contribution in [0.2, 0.25) is 0 Å². The molecule has 0 amide bonds. The van der Waals surface area contributed by atoms with Crippen LogP contribution in [0.25, 0.3) is 0 Å². The molecule has 1 heterocycles. The van der Waals surface area contributed by atoms with Gasteiger partial charge in [0.2, 0.25) is 0 Å². The number of hydrogen-bond donors (Lipinski definition) is 1. The average molecular weight is 243 g/mol. The third kappa shape index (κ3) is 2.34. The van der Waals surface area contributed by atoms with E-state index in [1.165, 1.54) is 22.3 Å². The van der Waals surface area contributed by atoms with Gasteiger partial charge in [-0.2, -0.15) is 0 Å². The fraction of sp³-hybridized carbons (Fsp3) is 0.375. The number of hydrogen-bond acceptors (Lipinski definition) is 2. The minimum atomic E-state index is -0.175. The summed E-state index contributed by atoms with van der Waals surface area (Å²) in [4.78, 5) is 0. The predicted molar refractivity (Wildman–Crippen MR) is 74.8 cm³/mol. The Labute approximate surface area is 109 Å². The molecule has 0 aliphatic heterocycles. The van der Waals surface area contributed by atoms with Crippen LogP contribution in [0.5, 0.6) is 0 Å². The van der Waals surface area contributed by atoms with E-state index in [1.807, 2.05) is 12.1 Å². The molecule has 1 aromatic heterocycles. The third-order valence-electron chi connectivity index (χ3n) is 3.39. The highest BCUT2D eigenvalue weighted by Gasteiger charge is 2.17. The van der Waals surface area contributed by atoms with E-state index in [9.17, 15) is 0 Å². The van der Waals surface area contributed by atoms with Crippen LogP contribution in [0.3, 0.4) is 0 Å². The van der Waals surface area contributed by atoms with E-state index in [2.05, 4.69) is 39.8 Å². The van der Waals surface area contributed by atoms with Crippen molar-refractivity contribution in [3.63, 3.8) is 0 Å².